The number of ketones is 1. The van der Waals surface area contributed by atoms with Crippen molar-refractivity contribution in [1.82, 2.24) is 10.3 Å². The van der Waals surface area contributed by atoms with E-state index in [-0.39, 0.29) is 24.4 Å². The van der Waals surface area contributed by atoms with Crippen LogP contribution in [0, 0.1) is 11.6 Å². The van der Waals surface area contributed by atoms with Gasteiger partial charge in [-0.25, -0.2) is 13.8 Å². The molecule has 30 heavy (non-hydrogen) atoms. The predicted octanol–water partition coefficient (Wildman–Crippen LogP) is 4.07. The van der Waals surface area contributed by atoms with Gasteiger partial charge in [0.05, 0.1) is 12.2 Å². The molecule has 0 amide bonds. The number of carbonyl (C=O) groups is 1. The number of Topliss-reactive ketones (excluding diaryl/α,β-unsaturated/α-hetero) is 1. The maximum atomic E-state index is 13.6. The van der Waals surface area contributed by atoms with Gasteiger partial charge >= 0.3 is 0 Å². The van der Waals surface area contributed by atoms with Crippen molar-refractivity contribution in [3.05, 3.63) is 65.7 Å². The molecule has 8 heteroatoms. The highest BCUT2D eigenvalue weighted by Gasteiger charge is 2.31. The van der Waals surface area contributed by atoms with Crippen LogP contribution in [-0.2, 0) is 0 Å². The van der Waals surface area contributed by atoms with Crippen LogP contribution in [-0.4, -0.2) is 30.1 Å². The molecule has 1 fully saturated rings. The number of benzene rings is 2. The number of rotatable bonds is 4. The lowest BCUT2D eigenvalue weighted by Crippen LogP contribution is -2.43. The fraction of sp³-hybridized carbons (Fsp3) is 0.273. The molecule has 2 aromatic carbocycles. The van der Waals surface area contributed by atoms with E-state index in [1.54, 1.807) is 24.3 Å². The topological polar surface area (TPSA) is 73.6 Å². The van der Waals surface area contributed by atoms with E-state index in [0.29, 0.717) is 35.8 Å². The summed E-state index contributed by atoms with van der Waals surface area (Å²) in [5.41, 5.74) is 1.41. The Balaban J connectivity index is 1.33. The molecule has 0 spiro atoms. The minimum Gasteiger partial charge on any atom is -0.454 e. The summed E-state index contributed by atoms with van der Waals surface area (Å²) in [5, 5.41) is 3.17. The van der Waals surface area contributed by atoms with Crippen molar-refractivity contribution in [3.8, 4) is 22.8 Å². The van der Waals surface area contributed by atoms with Crippen LogP contribution in [0.15, 0.2) is 47.0 Å². The molecule has 2 aliphatic rings. The summed E-state index contributed by atoms with van der Waals surface area (Å²) in [6.07, 6.45) is 2.68. The van der Waals surface area contributed by atoms with Crippen LogP contribution in [0.4, 0.5) is 8.78 Å². The van der Waals surface area contributed by atoms with Crippen LogP contribution in [0.3, 0.4) is 0 Å². The molecular formula is C22H18F2N2O4. The number of carbonyl (C=O) groups excluding carboxylic acids is 1. The first-order chi connectivity index (χ1) is 14.6. The van der Waals surface area contributed by atoms with Crippen LogP contribution in [0.1, 0.15) is 35.0 Å². The van der Waals surface area contributed by atoms with Gasteiger partial charge in [0, 0.05) is 5.56 Å². The molecule has 6 nitrogen and oxygen atoms in total. The fourth-order valence-corrected chi connectivity index (χ4v) is 3.91. The summed E-state index contributed by atoms with van der Waals surface area (Å²) in [6.45, 7) is 0.751. The lowest BCUT2D eigenvalue weighted by molar-refractivity contribution is 0.0886. The summed E-state index contributed by atoms with van der Waals surface area (Å²) < 4.78 is 43.2. The van der Waals surface area contributed by atoms with E-state index in [1.165, 1.54) is 12.3 Å². The summed E-state index contributed by atoms with van der Waals surface area (Å²) in [4.78, 5) is 17.1. The van der Waals surface area contributed by atoms with Crippen LogP contribution in [0.25, 0.3) is 11.3 Å². The molecule has 154 valence electrons. The molecule has 1 aromatic heterocycles. The third-order valence-electron chi connectivity index (χ3n) is 5.51. The summed E-state index contributed by atoms with van der Waals surface area (Å²) in [7, 11) is 0. The first-order valence-electron chi connectivity index (χ1n) is 9.67. The predicted molar refractivity (Wildman–Crippen MR) is 103 cm³/mol. The van der Waals surface area contributed by atoms with Crippen molar-refractivity contribution in [2.75, 3.05) is 13.3 Å². The molecule has 1 N–H and O–H groups in total. The smallest absolute Gasteiger partial charge is 0.265 e. The van der Waals surface area contributed by atoms with Crippen molar-refractivity contribution >= 4 is 5.78 Å². The molecule has 1 saturated heterocycles. The van der Waals surface area contributed by atoms with E-state index < -0.39 is 17.7 Å². The molecule has 5 rings (SSSR count). The van der Waals surface area contributed by atoms with E-state index >= 15 is 0 Å². The molecular weight excluding hydrogens is 394 g/mol. The first kappa shape index (κ1) is 18.7. The molecule has 2 aliphatic heterocycles. The van der Waals surface area contributed by atoms with Crippen molar-refractivity contribution in [1.29, 1.82) is 0 Å². The molecule has 2 unspecified atom stereocenters. The number of oxazole rings is 1. The van der Waals surface area contributed by atoms with Gasteiger partial charge in [0.1, 0.15) is 0 Å². The third-order valence-corrected chi connectivity index (χ3v) is 5.51. The number of nitrogens with one attached hydrogen (secondary N) is 1. The molecule has 0 radical (unpaired) electrons. The van der Waals surface area contributed by atoms with Gasteiger partial charge in [-0.1, -0.05) is 6.07 Å². The standard InChI is InChI=1S/C22H18F2N2O4/c23-15-3-1-12(7-16(15)24)13-5-6-25-17(8-13)21(27)22-26-10-20(30-22)14-2-4-18-19(9-14)29-11-28-18/h1-4,7,9-10,13,17,25H,5-6,8,11H2. The number of aromatic nitrogens is 1. The molecule has 2 atom stereocenters. The molecule has 0 bridgehead atoms. The van der Waals surface area contributed by atoms with Crippen LogP contribution < -0.4 is 14.8 Å². The number of piperidine rings is 1. The van der Waals surface area contributed by atoms with Crippen molar-refractivity contribution in [2.45, 2.75) is 24.8 Å². The summed E-state index contributed by atoms with van der Waals surface area (Å²) in [6, 6.07) is 8.73. The van der Waals surface area contributed by atoms with E-state index in [2.05, 4.69) is 10.3 Å². The van der Waals surface area contributed by atoms with E-state index in [1.807, 2.05) is 0 Å². The Morgan fingerprint density at radius 1 is 1.07 bits per heavy atom. The number of fused-ring (bicyclic) bond motifs is 1. The Morgan fingerprint density at radius 2 is 1.93 bits per heavy atom. The summed E-state index contributed by atoms with van der Waals surface area (Å²) >= 11 is 0. The molecule has 0 saturated carbocycles. The highest BCUT2D eigenvalue weighted by molar-refractivity contribution is 5.96. The number of ether oxygens (including phenoxy) is 2. The molecule has 3 aromatic rings. The van der Waals surface area contributed by atoms with Gasteiger partial charge in [0.15, 0.2) is 28.9 Å². The van der Waals surface area contributed by atoms with Gasteiger partial charge in [-0.15, -0.1) is 0 Å². The molecule has 3 heterocycles. The van der Waals surface area contributed by atoms with Crippen molar-refractivity contribution < 1.29 is 27.5 Å². The maximum Gasteiger partial charge on any atom is 0.265 e. The first-order valence-corrected chi connectivity index (χ1v) is 9.67. The Hall–Kier alpha value is -3.26. The lowest BCUT2D eigenvalue weighted by atomic mass is 9.85. The number of hydrogen-bond acceptors (Lipinski definition) is 6. The number of halogens is 2. The van der Waals surface area contributed by atoms with E-state index in [0.717, 1.165) is 18.1 Å². The average molecular weight is 412 g/mol. The molecule has 0 aliphatic carbocycles. The van der Waals surface area contributed by atoms with Crippen LogP contribution >= 0.6 is 0 Å². The highest BCUT2D eigenvalue weighted by atomic mass is 19.2. The Bertz CT molecular complexity index is 1110. The fourth-order valence-electron chi connectivity index (χ4n) is 3.91. The van der Waals surface area contributed by atoms with Crippen LogP contribution in [0.5, 0.6) is 11.5 Å². The Labute approximate surface area is 170 Å². The largest absolute Gasteiger partial charge is 0.454 e. The maximum absolute atomic E-state index is 13.6. The average Bonchev–Trinajstić information content (AvgIpc) is 3.44. The normalized spacial score (nSPS) is 20.3. The highest BCUT2D eigenvalue weighted by Crippen LogP contribution is 2.36. The van der Waals surface area contributed by atoms with E-state index in [4.69, 9.17) is 13.9 Å². The minimum atomic E-state index is -0.880. The second-order valence-electron chi connectivity index (χ2n) is 7.36. The van der Waals surface area contributed by atoms with Crippen molar-refractivity contribution in [2.24, 2.45) is 0 Å². The second-order valence-corrected chi connectivity index (χ2v) is 7.36. The van der Waals surface area contributed by atoms with Gasteiger partial charge in [-0.05, 0) is 61.2 Å². The van der Waals surface area contributed by atoms with Gasteiger partial charge < -0.3 is 19.2 Å². The third kappa shape index (κ3) is 3.43. The number of nitrogens with zero attached hydrogens (tertiary/aromatic N) is 1. The Kier molecular flexibility index (Phi) is 4.71. The zero-order valence-corrected chi connectivity index (χ0v) is 15.9. The second kappa shape index (κ2) is 7.53. The quantitative estimate of drug-likeness (QED) is 0.652. The van der Waals surface area contributed by atoms with Gasteiger partial charge in [-0.2, -0.15) is 0 Å². The SMILES string of the molecule is O=C(c1ncc(-c2ccc3c(c2)OCO3)o1)C1CC(c2ccc(F)c(F)c2)CCN1. The van der Waals surface area contributed by atoms with Gasteiger partial charge in [0.25, 0.3) is 5.89 Å². The lowest BCUT2D eigenvalue weighted by Gasteiger charge is -2.29. The van der Waals surface area contributed by atoms with Gasteiger partial charge in [0.2, 0.25) is 12.6 Å². The number of hydrogen-bond donors (Lipinski definition) is 1. The van der Waals surface area contributed by atoms with E-state index in [9.17, 15) is 13.6 Å². The zero-order chi connectivity index (χ0) is 20.7. The van der Waals surface area contributed by atoms with Gasteiger partial charge in [-0.3, -0.25) is 4.79 Å². The van der Waals surface area contributed by atoms with Crippen LogP contribution in [0.2, 0.25) is 0 Å². The zero-order valence-electron chi connectivity index (χ0n) is 15.9. The van der Waals surface area contributed by atoms with Crippen molar-refractivity contribution in [3.63, 3.8) is 0 Å². The Morgan fingerprint density at radius 3 is 2.80 bits per heavy atom. The monoisotopic (exact) mass is 412 g/mol. The summed E-state index contributed by atoms with van der Waals surface area (Å²) in [5.74, 6) is -0.362. The minimum absolute atomic E-state index is 0.00565.